The quantitative estimate of drug-likeness (QED) is 0.865. The summed E-state index contributed by atoms with van der Waals surface area (Å²) in [4.78, 5) is 18.1. The van der Waals surface area contributed by atoms with Gasteiger partial charge in [-0.25, -0.2) is 0 Å². The van der Waals surface area contributed by atoms with Crippen LogP contribution in [0.1, 0.15) is 34.7 Å². The molecule has 5 heteroatoms. The lowest BCUT2D eigenvalue weighted by Gasteiger charge is -2.40. The SMILES string of the molecule is O=C(c1cccs1)N1CCC[C@@]2(CCN(Cc3ccco3)C2)C1. The van der Waals surface area contributed by atoms with Crippen molar-refractivity contribution < 1.29 is 9.21 Å². The third kappa shape index (κ3) is 3.08. The van der Waals surface area contributed by atoms with Gasteiger partial charge in [0, 0.05) is 25.0 Å². The van der Waals surface area contributed by atoms with Crippen molar-refractivity contribution in [2.24, 2.45) is 5.41 Å². The molecule has 0 unspecified atom stereocenters. The molecular formula is C18H22N2O2S. The van der Waals surface area contributed by atoms with Crippen molar-refractivity contribution in [1.29, 1.82) is 0 Å². The molecule has 0 bridgehead atoms. The Kier molecular flexibility index (Phi) is 3.99. The maximum Gasteiger partial charge on any atom is 0.263 e. The molecule has 2 aliphatic rings. The second kappa shape index (κ2) is 6.13. The van der Waals surface area contributed by atoms with E-state index in [1.54, 1.807) is 17.6 Å². The largest absolute Gasteiger partial charge is 0.468 e. The van der Waals surface area contributed by atoms with Crippen molar-refractivity contribution in [1.82, 2.24) is 9.80 Å². The number of hydrogen-bond acceptors (Lipinski definition) is 4. The molecule has 2 aliphatic heterocycles. The third-order valence-corrected chi connectivity index (χ3v) is 6.02. The van der Waals surface area contributed by atoms with Crippen LogP contribution in [0.5, 0.6) is 0 Å². The summed E-state index contributed by atoms with van der Waals surface area (Å²) in [5.41, 5.74) is 0.276. The van der Waals surface area contributed by atoms with E-state index in [4.69, 9.17) is 4.42 Å². The number of likely N-dealkylation sites (tertiary alicyclic amines) is 2. The number of carbonyl (C=O) groups is 1. The Labute approximate surface area is 140 Å². The Balaban J connectivity index is 1.42. The number of nitrogens with zero attached hydrogens (tertiary/aromatic N) is 2. The fraction of sp³-hybridized carbons (Fsp3) is 0.500. The van der Waals surface area contributed by atoms with E-state index in [1.807, 2.05) is 29.6 Å². The van der Waals surface area contributed by atoms with Gasteiger partial charge >= 0.3 is 0 Å². The van der Waals surface area contributed by atoms with Crippen molar-refractivity contribution in [2.45, 2.75) is 25.8 Å². The van der Waals surface area contributed by atoms with Gasteiger partial charge in [0.05, 0.1) is 17.7 Å². The highest BCUT2D eigenvalue weighted by Crippen LogP contribution is 2.40. The van der Waals surface area contributed by atoms with Crippen molar-refractivity contribution >= 4 is 17.2 Å². The number of piperidine rings is 1. The fourth-order valence-electron chi connectivity index (χ4n) is 4.06. The lowest BCUT2D eigenvalue weighted by Crippen LogP contribution is -2.47. The highest BCUT2D eigenvalue weighted by Gasteiger charge is 2.42. The first-order chi connectivity index (χ1) is 11.2. The van der Waals surface area contributed by atoms with Gasteiger partial charge in [-0.05, 0) is 49.4 Å². The molecule has 0 radical (unpaired) electrons. The molecular weight excluding hydrogens is 308 g/mol. The standard InChI is InChI=1S/C18H22N2O2S/c21-17(16-5-2-11-23-16)20-8-3-6-18(14-20)7-9-19(13-18)12-15-4-1-10-22-15/h1-2,4-5,10-11H,3,6-9,12-14H2/t18-/m0/s1. The third-order valence-electron chi connectivity index (χ3n) is 5.16. The molecule has 4 nitrogen and oxygen atoms in total. The molecule has 0 aliphatic carbocycles. The lowest BCUT2D eigenvalue weighted by molar-refractivity contribution is 0.0529. The molecule has 2 aromatic rings. The van der Waals surface area contributed by atoms with Gasteiger partial charge in [0.2, 0.25) is 0 Å². The van der Waals surface area contributed by atoms with Crippen LogP contribution in [0.15, 0.2) is 40.3 Å². The molecule has 1 spiro atoms. The van der Waals surface area contributed by atoms with Gasteiger partial charge in [-0.15, -0.1) is 11.3 Å². The zero-order chi connectivity index (χ0) is 15.7. The Morgan fingerprint density at radius 1 is 1.22 bits per heavy atom. The van der Waals surface area contributed by atoms with Crippen LogP contribution in [0.25, 0.3) is 0 Å². The molecule has 2 fully saturated rings. The van der Waals surface area contributed by atoms with Gasteiger partial charge in [-0.1, -0.05) is 6.07 Å². The second-order valence-corrected chi connectivity index (χ2v) is 7.80. The van der Waals surface area contributed by atoms with E-state index in [9.17, 15) is 4.79 Å². The van der Waals surface area contributed by atoms with Crippen molar-refractivity contribution in [3.05, 3.63) is 46.5 Å². The second-order valence-electron chi connectivity index (χ2n) is 6.85. The van der Waals surface area contributed by atoms with Crippen LogP contribution in [0.2, 0.25) is 0 Å². The number of furan rings is 1. The van der Waals surface area contributed by atoms with Crippen molar-refractivity contribution in [2.75, 3.05) is 26.2 Å². The molecule has 2 aromatic heterocycles. The summed E-state index contributed by atoms with van der Waals surface area (Å²) in [6.07, 6.45) is 5.27. The minimum Gasteiger partial charge on any atom is -0.468 e. The number of amides is 1. The molecule has 1 amide bonds. The predicted molar refractivity (Wildman–Crippen MR) is 90.5 cm³/mol. The summed E-state index contributed by atoms with van der Waals surface area (Å²) in [7, 11) is 0. The first-order valence-corrected chi connectivity index (χ1v) is 9.20. The van der Waals surface area contributed by atoms with E-state index in [2.05, 4.69) is 9.80 Å². The van der Waals surface area contributed by atoms with Gasteiger partial charge in [-0.2, -0.15) is 0 Å². The van der Waals surface area contributed by atoms with Crippen molar-refractivity contribution in [3.63, 3.8) is 0 Å². The van der Waals surface area contributed by atoms with Crippen LogP contribution in [0, 0.1) is 5.41 Å². The smallest absolute Gasteiger partial charge is 0.263 e. The van der Waals surface area contributed by atoms with Gasteiger partial charge in [0.15, 0.2) is 0 Å². The van der Waals surface area contributed by atoms with Crippen LogP contribution in [-0.2, 0) is 6.54 Å². The highest BCUT2D eigenvalue weighted by atomic mass is 32.1. The van der Waals surface area contributed by atoms with E-state index >= 15 is 0 Å². The summed E-state index contributed by atoms with van der Waals surface area (Å²) < 4.78 is 5.47. The molecule has 4 rings (SSSR count). The zero-order valence-electron chi connectivity index (χ0n) is 13.2. The summed E-state index contributed by atoms with van der Waals surface area (Å²) in [6, 6.07) is 7.88. The number of rotatable bonds is 3. The first kappa shape index (κ1) is 15.0. The maximum absolute atomic E-state index is 12.6. The Hall–Kier alpha value is -1.59. The molecule has 122 valence electrons. The molecule has 0 N–H and O–H groups in total. The molecule has 0 aromatic carbocycles. The van der Waals surface area contributed by atoms with E-state index in [0.29, 0.717) is 0 Å². The minimum atomic E-state index is 0.212. The van der Waals surface area contributed by atoms with Crippen LogP contribution >= 0.6 is 11.3 Å². The van der Waals surface area contributed by atoms with Crippen molar-refractivity contribution in [3.8, 4) is 0 Å². The molecule has 0 saturated carbocycles. The Bertz CT molecular complexity index is 653. The molecule has 23 heavy (non-hydrogen) atoms. The lowest BCUT2D eigenvalue weighted by atomic mass is 9.79. The van der Waals surface area contributed by atoms with E-state index in [-0.39, 0.29) is 11.3 Å². The summed E-state index contributed by atoms with van der Waals surface area (Å²) >= 11 is 1.54. The van der Waals surface area contributed by atoms with E-state index in [0.717, 1.165) is 49.8 Å². The Morgan fingerprint density at radius 3 is 2.96 bits per heavy atom. The summed E-state index contributed by atoms with van der Waals surface area (Å²) in [5.74, 6) is 1.24. The van der Waals surface area contributed by atoms with Crippen LogP contribution in [-0.4, -0.2) is 41.9 Å². The Morgan fingerprint density at radius 2 is 2.17 bits per heavy atom. The first-order valence-electron chi connectivity index (χ1n) is 8.32. The fourth-order valence-corrected chi connectivity index (χ4v) is 4.75. The van der Waals surface area contributed by atoms with Gasteiger partial charge in [0.1, 0.15) is 5.76 Å². The van der Waals surface area contributed by atoms with Crippen LogP contribution in [0.4, 0.5) is 0 Å². The number of thiophene rings is 1. The summed E-state index contributed by atoms with van der Waals surface area (Å²) in [6.45, 7) is 4.85. The van der Waals surface area contributed by atoms with Crippen LogP contribution < -0.4 is 0 Å². The maximum atomic E-state index is 12.6. The van der Waals surface area contributed by atoms with E-state index in [1.165, 1.54) is 12.8 Å². The predicted octanol–water partition coefficient (Wildman–Crippen LogP) is 3.47. The normalized spacial score (nSPS) is 25.3. The summed E-state index contributed by atoms with van der Waals surface area (Å²) in [5, 5.41) is 1.98. The molecule has 4 heterocycles. The molecule has 2 saturated heterocycles. The number of hydrogen-bond donors (Lipinski definition) is 0. The molecule has 1 atom stereocenters. The highest BCUT2D eigenvalue weighted by molar-refractivity contribution is 7.12. The average molecular weight is 330 g/mol. The average Bonchev–Trinajstić information content (AvgIpc) is 3.30. The van der Waals surface area contributed by atoms with Gasteiger partial charge in [-0.3, -0.25) is 9.69 Å². The van der Waals surface area contributed by atoms with Crippen LogP contribution in [0.3, 0.4) is 0 Å². The number of carbonyl (C=O) groups excluding carboxylic acids is 1. The van der Waals surface area contributed by atoms with Gasteiger partial charge < -0.3 is 9.32 Å². The minimum absolute atomic E-state index is 0.212. The van der Waals surface area contributed by atoms with Gasteiger partial charge in [0.25, 0.3) is 5.91 Å². The zero-order valence-corrected chi connectivity index (χ0v) is 14.1. The topological polar surface area (TPSA) is 36.7 Å². The van der Waals surface area contributed by atoms with E-state index < -0.39 is 0 Å². The monoisotopic (exact) mass is 330 g/mol.